The van der Waals surface area contributed by atoms with Gasteiger partial charge < -0.3 is 20.3 Å². The maximum atomic E-state index is 12.6. The second kappa shape index (κ2) is 8.56. The van der Waals surface area contributed by atoms with Crippen LogP contribution in [-0.2, 0) is 14.4 Å². The smallest absolute Gasteiger partial charge is 0.229 e. The van der Waals surface area contributed by atoms with E-state index >= 15 is 0 Å². The van der Waals surface area contributed by atoms with Gasteiger partial charge in [-0.3, -0.25) is 14.4 Å². The number of carbonyl (C=O) groups is 3. The van der Waals surface area contributed by atoms with Gasteiger partial charge in [-0.2, -0.15) is 0 Å². The lowest BCUT2D eigenvalue weighted by atomic mass is 10.1. The van der Waals surface area contributed by atoms with Crippen molar-refractivity contribution in [3.05, 3.63) is 48.5 Å². The molecule has 0 saturated carbocycles. The highest BCUT2D eigenvalue weighted by molar-refractivity contribution is 6.04. The molecule has 1 saturated heterocycles. The average molecular weight is 381 g/mol. The Morgan fingerprint density at radius 1 is 1.07 bits per heavy atom. The molecule has 0 aliphatic carbocycles. The minimum Gasteiger partial charge on any atom is -0.492 e. The van der Waals surface area contributed by atoms with Gasteiger partial charge in [-0.15, -0.1) is 0 Å². The Bertz CT molecular complexity index is 879. The number of nitrogens with zero attached hydrogens (tertiary/aromatic N) is 1. The first kappa shape index (κ1) is 19.4. The number of para-hydroxylation sites is 2. The number of anilines is 3. The molecule has 1 fully saturated rings. The van der Waals surface area contributed by atoms with Crippen LogP contribution in [0.4, 0.5) is 17.1 Å². The summed E-state index contributed by atoms with van der Waals surface area (Å²) < 4.78 is 5.60. The topological polar surface area (TPSA) is 87.7 Å². The van der Waals surface area contributed by atoms with Gasteiger partial charge in [0.1, 0.15) is 5.75 Å². The third-order valence-corrected chi connectivity index (χ3v) is 4.42. The van der Waals surface area contributed by atoms with Gasteiger partial charge in [0.15, 0.2) is 0 Å². The molecule has 2 N–H and O–H groups in total. The molecule has 0 spiro atoms. The molecule has 7 heteroatoms. The van der Waals surface area contributed by atoms with Gasteiger partial charge in [0.05, 0.1) is 18.2 Å². The summed E-state index contributed by atoms with van der Waals surface area (Å²) in [5.41, 5.74) is 1.95. The van der Waals surface area contributed by atoms with Gasteiger partial charge in [0.25, 0.3) is 0 Å². The quantitative estimate of drug-likeness (QED) is 0.805. The Hall–Kier alpha value is -3.35. The molecule has 0 radical (unpaired) electrons. The Morgan fingerprint density at radius 2 is 1.71 bits per heavy atom. The molecule has 28 heavy (non-hydrogen) atoms. The van der Waals surface area contributed by atoms with Crippen LogP contribution in [0.1, 0.15) is 20.3 Å². The highest BCUT2D eigenvalue weighted by Crippen LogP contribution is 2.33. The predicted octanol–water partition coefficient (Wildman–Crippen LogP) is 3.04. The fourth-order valence-electron chi connectivity index (χ4n) is 3.16. The van der Waals surface area contributed by atoms with E-state index < -0.39 is 5.92 Å². The van der Waals surface area contributed by atoms with E-state index in [0.717, 1.165) is 0 Å². The van der Waals surface area contributed by atoms with Crippen LogP contribution in [-0.4, -0.2) is 30.9 Å². The van der Waals surface area contributed by atoms with Crippen LogP contribution in [0.25, 0.3) is 0 Å². The standard InChI is InChI=1S/C21H23N3O4/c1-3-28-19-7-5-4-6-18(19)24-13-15(12-20(24)26)21(27)23-17-10-8-16(9-11-17)22-14(2)25/h4-11,15H,3,12-13H2,1-2H3,(H,22,25)(H,23,27)/t15-/m1/s1. The molecule has 0 aromatic heterocycles. The number of carbonyl (C=O) groups excluding carboxylic acids is 3. The fourth-order valence-corrected chi connectivity index (χ4v) is 3.16. The van der Waals surface area contributed by atoms with Crippen molar-refractivity contribution in [3.63, 3.8) is 0 Å². The number of hydrogen-bond acceptors (Lipinski definition) is 4. The van der Waals surface area contributed by atoms with Crippen molar-refractivity contribution in [1.82, 2.24) is 0 Å². The molecule has 3 rings (SSSR count). The number of benzene rings is 2. The van der Waals surface area contributed by atoms with Crippen molar-refractivity contribution in [3.8, 4) is 5.75 Å². The summed E-state index contributed by atoms with van der Waals surface area (Å²) in [5.74, 6) is -0.288. The van der Waals surface area contributed by atoms with Crippen molar-refractivity contribution in [2.24, 2.45) is 5.92 Å². The summed E-state index contributed by atoms with van der Waals surface area (Å²) >= 11 is 0. The minimum absolute atomic E-state index is 0.103. The molecule has 2 aromatic rings. The van der Waals surface area contributed by atoms with E-state index in [0.29, 0.717) is 36.0 Å². The van der Waals surface area contributed by atoms with Gasteiger partial charge in [0.2, 0.25) is 17.7 Å². The highest BCUT2D eigenvalue weighted by Gasteiger charge is 2.36. The summed E-state index contributed by atoms with van der Waals surface area (Å²) in [7, 11) is 0. The molecule has 1 heterocycles. The van der Waals surface area contributed by atoms with Gasteiger partial charge in [-0.1, -0.05) is 12.1 Å². The maximum absolute atomic E-state index is 12.6. The molecule has 1 aliphatic heterocycles. The molecule has 0 bridgehead atoms. The molecule has 1 atom stereocenters. The van der Waals surface area contributed by atoms with Crippen molar-refractivity contribution in [2.75, 3.05) is 28.7 Å². The van der Waals surface area contributed by atoms with Gasteiger partial charge in [-0.05, 0) is 43.3 Å². The first-order valence-corrected chi connectivity index (χ1v) is 9.18. The van der Waals surface area contributed by atoms with Crippen LogP contribution in [0.2, 0.25) is 0 Å². The SMILES string of the molecule is CCOc1ccccc1N1C[C@H](C(=O)Nc2ccc(NC(C)=O)cc2)CC1=O. The summed E-state index contributed by atoms with van der Waals surface area (Å²) in [4.78, 5) is 37.8. The summed E-state index contributed by atoms with van der Waals surface area (Å²) in [6.07, 6.45) is 0.149. The lowest BCUT2D eigenvalue weighted by Gasteiger charge is -2.20. The van der Waals surface area contributed by atoms with Crippen LogP contribution in [0.3, 0.4) is 0 Å². The van der Waals surface area contributed by atoms with Crippen molar-refractivity contribution in [2.45, 2.75) is 20.3 Å². The first-order valence-electron chi connectivity index (χ1n) is 9.18. The van der Waals surface area contributed by atoms with Crippen molar-refractivity contribution in [1.29, 1.82) is 0 Å². The zero-order valence-corrected chi connectivity index (χ0v) is 15.9. The van der Waals surface area contributed by atoms with E-state index in [-0.39, 0.29) is 24.1 Å². The summed E-state index contributed by atoms with van der Waals surface area (Å²) in [6.45, 7) is 4.12. The first-order chi connectivity index (χ1) is 13.5. The van der Waals surface area contributed by atoms with E-state index in [1.165, 1.54) is 6.92 Å². The third-order valence-electron chi connectivity index (χ3n) is 4.42. The average Bonchev–Trinajstić information content (AvgIpc) is 3.05. The van der Waals surface area contributed by atoms with Gasteiger partial charge in [-0.25, -0.2) is 0 Å². The summed E-state index contributed by atoms with van der Waals surface area (Å²) in [6, 6.07) is 14.2. The van der Waals surface area contributed by atoms with Gasteiger partial charge in [0, 0.05) is 31.3 Å². The van der Waals surface area contributed by atoms with E-state index in [2.05, 4.69) is 10.6 Å². The van der Waals surface area contributed by atoms with Crippen LogP contribution in [0.5, 0.6) is 5.75 Å². The maximum Gasteiger partial charge on any atom is 0.229 e. The zero-order valence-electron chi connectivity index (χ0n) is 15.9. The van der Waals surface area contributed by atoms with Crippen LogP contribution < -0.4 is 20.3 Å². The Kier molecular flexibility index (Phi) is 5.93. The number of amides is 3. The predicted molar refractivity (Wildman–Crippen MR) is 107 cm³/mol. The molecule has 1 aliphatic rings. The number of hydrogen-bond donors (Lipinski definition) is 2. The number of rotatable bonds is 6. The van der Waals surface area contributed by atoms with Gasteiger partial charge >= 0.3 is 0 Å². The minimum atomic E-state index is -0.447. The number of nitrogens with one attached hydrogen (secondary N) is 2. The number of ether oxygens (including phenoxy) is 1. The highest BCUT2D eigenvalue weighted by atomic mass is 16.5. The second-order valence-electron chi connectivity index (χ2n) is 6.55. The zero-order chi connectivity index (χ0) is 20.1. The van der Waals surface area contributed by atoms with E-state index in [4.69, 9.17) is 4.74 Å². The molecular formula is C21H23N3O4. The molecule has 146 valence electrons. The molecular weight excluding hydrogens is 358 g/mol. The second-order valence-corrected chi connectivity index (χ2v) is 6.55. The normalized spacial score (nSPS) is 16.0. The van der Waals surface area contributed by atoms with Crippen molar-refractivity contribution >= 4 is 34.8 Å². The van der Waals surface area contributed by atoms with E-state index in [1.807, 2.05) is 31.2 Å². The van der Waals surface area contributed by atoms with Crippen molar-refractivity contribution < 1.29 is 19.1 Å². The molecule has 0 unspecified atom stereocenters. The fraction of sp³-hybridized carbons (Fsp3) is 0.286. The largest absolute Gasteiger partial charge is 0.492 e. The third kappa shape index (κ3) is 4.49. The Labute approximate surface area is 163 Å². The van der Waals surface area contributed by atoms with Crippen LogP contribution in [0.15, 0.2) is 48.5 Å². The monoisotopic (exact) mass is 381 g/mol. The van der Waals surface area contributed by atoms with Crippen LogP contribution in [0, 0.1) is 5.92 Å². The Balaban J connectivity index is 1.66. The lowest BCUT2D eigenvalue weighted by molar-refractivity contribution is -0.122. The lowest BCUT2D eigenvalue weighted by Crippen LogP contribution is -2.28. The molecule has 2 aromatic carbocycles. The van der Waals surface area contributed by atoms with Crippen LogP contribution >= 0.6 is 0 Å². The molecule has 7 nitrogen and oxygen atoms in total. The Morgan fingerprint density at radius 3 is 2.36 bits per heavy atom. The summed E-state index contributed by atoms with van der Waals surface area (Å²) in [5, 5.41) is 5.51. The van der Waals surface area contributed by atoms with E-state index in [9.17, 15) is 14.4 Å². The van der Waals surface area contributed by atoms with E-state index in [1.54, 1.807) is 29.2 Å². The molecule has 3 amide bonds.